The Morgan fingerprint density at radius 1 is 1.04 bits per heavy atom. The molecule has 3 heterocycles. The molecule has 4 aromatic rings. The Labute approximate surface area is 140 Å². The molecular formula is C14H8N5O3S2-. The maximum absolute atomic E-state index is 11.2. The van der Waals surface area contributed by atoms with Crippen LogP contribution in [0.5, 0.6) is 0 Å². The van der Waals surface area contributed by atoms with Crippen LogP contribution >= 0.6 is 11.3 Å². The highest BCUT2D eigenvalue weighted by atomic mass is 32.2. The van der Waals surface area contributed by atoms with Crippen molar-refractivity contribution >= 4 is 26.4 Å². The highest BCUT2D eigenvalue weighted by Gasteiger charge is 2.15. The third-order valence-corrected chi connectivity index (χ3v) is 5.08. The van der Waals surface area contributed by atoms with E-state index in [1.165, 1.54) is 29.5 Å². The van der Waals surface area contributed by atoms with Crippen LogP contribution in [0, 0.1) is 0 Å². The second-order valence-corrected chi connectivity index (χ2v) is 7.18. The first kappa shape index (κ1) is 14.9. The number of pyridine rings is 1. The number of benzene rings is 1. The Hall–Kier alpha value is -2.69. The Kier molecular flexibility index (Phi) is 3.37. The van der Waals surface area contributed by atoms with Crippen LogP contribution < -0.4 is 0 Å². The first-order chi connectivity index (χ1) is 11.5. The number of fused-ring (bicyclic) bond motifs is 1. The van der Waals surface area contributed by atoms with E-state index in [-0.39, 0.29) is 4.90 Å². The lowest BCUT2D eigenvalue weighted by molar-refractivity contribution is 0.463. The fourth-order valence-electron chi connectivity index (χ4n) is 2.20. The predicted octanol–water partition coefficient (Wildman–Crippen LogP) is 1.82. The van der Waals surface area contributed by atoms with Gasteiger partial charge in [0.15, 0.2) is 5.82 Å². The molecule has 1 aromatic carbocycles. The summed E-state index contributed by atoms with van der Waals surface area (Å²) in [6, 6.07) is 9.34. The van der Waals surface area contributed by atoms with Crippen LogP contribution in [0.4, 0.5) is 0 Å². The van der Waals surface area contributed by atoms with E-state index in [1.54, 1.807) is 35.1 Å². The van der Waals surface area contributed by atoms with E-state index in [0.29, 0.717) is 21.4 Å². The molecule has 0 saturated carbocycles. The van der Waals surface area contributed by atoms with Crippen LogP contribution in [0.2, 0.25) is 0 Å². The number of hydrogen-bond acceptors (Lipinski definition) is 8. The third-order valence-electron chi connectivity index (χ3n) is 3.30. The first-order valence-corrected chi connectivity index (χ1v) is 8.94. The van der Waals surface area contributed by atoms with Crippen LogP contribution in [0.3, 0.4) is 0 Å². The fourth-order valence-corrected chi connectivity index (χ4v) is 3.55. The standard InChI is InChI=1S/C14H9N5O3S2/c20-24(21,22)11-3-1-2-10(8-11)13-18-19-12(16-17-14(19)23-13)9-4-6-15-7-5-9/h1-8H,(H,20,21,22)/p-1. The van der Waals surface area contributed by atoms with Gasteiger partial charge in [-0.15, -0.1) is 10.2 Å². The Balaban J connectivity index is 1.84. The van der Waals surface area contributed by atoms with E-state index in [4.69, 9.17) is 0 Å². The zero-order valence-electron chi connectivity index (χ0n) is 11.9. The maximum atomic E-state index is 11.2. The molecule has 0 radical (unpaired) electrons. The van der Waals surface area contributed by atoms with Gasteiger partial charge in [-0.1, -0.05) is 23.5 Å². The summed E-state index contributed by atoms with van der Waals surface area (Å²) < 4.78 is 35.1. The van der Waals surface area contributed by atoms with Gasteiger partial charge in [0.2, 0.25) is 4.96 Å². The Morgan fingerprint density at radius 3 is 2.58 bits per heavy atom. The topological polar surface area (TPSA) is 113 Å². The van der Waals surface area contributed by atoms with E-state index in [9.17, 15) is 13.0 Å². The molecule has 0 aliphatic carbocycles. The molecule has 0 unspecified atom stereocenters. The van der Waals surface area contributed by atoms with Gasteiger partial charge < -0.3 is 4.55 Å². The highest BCUT2D eigenvalue weighted by molar-refractivity contribution is 7.85. The molecule has 0 spiro atoms. The number of aromatic nitrogens is 5. The van der Waals surface area contributed by atoms with Crippen molar-refractivity contribution in [2.75, 3.05) is 0 Å². The molecular weight excluding hydrogens is 350 g/mol. The summed E-state index contributed by atoms with van der Waals surface area (Å²) in [6.45, 7) is 0. The second-order valence-electron chi connectivity index (χ2n) is 4.84. The average Bonchev–Trinajstić information content (AvgIpc) is 3.15. The van der Waals surface area contributed by atoms with Crippen molar-refractivity contribution in [1.29, 1.82) is 0 Å². The van der Waals surface area contributed by atoms with Crippen LogP contribution in [-0.4, -0.2) is 37.8 Å². The van der Waals surface area contributed by atoms with E-state index >= 15 is 0 Å². The molecule has 0 N–H and O–H groups in total. The number of hydrogen-bond donors (Lipinski definition) is 0. The molecule has 3 aromatic heterocycles. The van der Waals surface area contributed by atoms with Crippen LogP contribution in [0.1, 0.15) is 0 Å². The van der Waals surface area contributed by atoms with Crippen molar-refractivity contribution in [1.82, 2.24) is 24.8 Å². The second kappa shape index (κ2) is 5.44. The van der Waals surface area contributed by atoms with Crippen molar-refractivity contribution in [3.63, 3.8) is 0 Å². The molecule has 0 aliphatic heterocycles. The largest absolute Gasteiger partial charge is 0.744 e. The van der Waals surface area contributed by atoms with Gasteiger partial charge in [0.25, 0.3) is 0 Å². The Morgan fingerprint density at radius 2 is 1.83 bits per heavy atom. The van der Waals surface area contributed by atoms with Crippen molar-refractivity contribution in [2.24, 2.45) is 0 Å². The van der Waals surface area contributed by atoms with Gasteiger partial charge in [-0.05, 0) is 24.3 Å². The van der Waals surface area contributed by atoms with Crippen LogP contribution in [-0.2, 0) is 10.1 Å². The minimum atomic E-state index is -4.52. The number of rotatable bonds is 3. The average molecular weight is 358 g/mol. The van der Waals surface area contributed by atoms with Crippen molar-refractivity contribution in [3.05, 3.63) is 48.8 Å². The quantitative estimate of drug-likeness (QED) is 0.513. The predicted molar refractivity (Wildman–Crippen MR) is 85.3 cm³/mol. The lowest BCUT2D eigenvalue weighted by atomic mass is 10.2. The van der Waals surface area contributed by atoms with Gasteiger partial charge in [0.05, 0.1) is 4.90 Å². The summed E-state index contributed by atoms with van der Waals surface area (Å²) in [6.07, 6.45) is 3.29. The molecule has 0 bridgehead atoms. The van der Waals surface area contributed by atoms with E-state index in [0.717, 1.165) is 5.56 Å². The molecule has 0 amide bonds. The maximum Gasteiger partial charge on any atom is 0.235 e. The van der Waals surface area contributed by atoms with Crippen molar-refractivity contribution in [3.8, 4) is 22.0 Å². The van der Waals surface area contributed by atoms with Gasteiger partial charge >= 0.3 is 0 Å². The minimum absolute atomic E-state index is 0.291. The molecule has 4 rings (SSSR count). The lowest BCUT2D eigenvalue weighted by Gasteiger charge is -2.07. The molecule has 10 heteroatoms. The third kappa shape index (κ3) is 2.56. The highest BCUT2D eigenvalue weighted by Crippen LogP contribution is 2.29. The molecule has 0 aliphatic rings. The monoisotopic (exact) mass is 358 g/mol. The van der Waals surface area contributed by atoms with Gasteiger partial charge in [-0.3, -0.25) is 4.98 Å². The van der Waals surface area contributed by atoms with E-state index in [2.05, 4.69) is 20.3 Å². The zero-order valence-corrected chi connectivity index (χ0v) is 13.5. The summed E-state index contributed by atoms with van der Waals surface area (Å²) in [5, 5.41) is 13.2. The lowest BCUT2D eigenvalue weighted by Crippen LogP contribution is -1.98. The van der Waals surface area contributed by atoms with Gasteiger partial charge in [-0.25, -0.2) is 8.42 Å². The van der Waals surface area contributed by atoms with Crippen LogP contribution in [0.25, 0.3) is 26.9 Å². The normalized spacial score (nSPS) is 11.9. The van der Waals surface area contributed by atoms with Crippen LogP contribution in [0.15, 0.2) is 53.7 Å². The minimum Gasteiger partial charge on any atom is -0.744 e. The molecule has 120 valence electrons. The molecule has 24 heavy (non-hydrogen) atoms. The zero-order chi connectivity index (χ0) is 16.7. The molecule has 0 atom stereocenters. The smallest absolute Gasteiger partial charge is 0.235 e. The van der Waals surface area contributed by atoms with Gasteiger partial charge in [0.1, 0.15) is 15.1 Å². The SMILES string of the molecule is O=S(=O)([O-])c1cccc(-c2nn3c(-c4ccncc4)nnc3s2)c1. The van der Waals surface area contributed by atoms with Gasteiger partial charge in [-0.2, -0.15) is 9.61 Å². The molecule has 8 nitrogen and oxygen atoms in total. The summed E-state index contributed by atoms with van der Waals surface area (Å²) in [4.78, 5) is 4.23. The fraction of sp³-hybridized carbons (Fsp3) is 0. The summed E-state index contributed by atoms with van der Waals surface area (Å²) >= 11 is 1.25. The molecule has 0 fully saturated rings. The van der Waals surface area contributed by atoms with E-state index in [1.807, 2.05) is 0 Å². The summed E-state index contributed by atoms with van der Waals surface area (Å²) in [7, 11) is -4.52. The molecule has 0 saturated heterocycles. The van der Waals surface area contributed by atoms with E-state index < -0.39 is 10.1 Å². The summed E-state index contributed by atoms with van der Waals surface area (Å²) in [5.74, 6) is 0.558. The Bertz CT molecular complexity index is 1140. The first-order valence-electron chi connectivity index (χ1n) is 6.71. The van der Waals surface area contributed by atoms with Crippen molar-refractivity contribution < 1.29 is 13.0 Å². The van der Waals surface area contributed by atoms with Gasteiger partial charge in [0, 0.05) is 23.5 Å². The summed E-state index contributed by atoms with van der Waals surface area (Å²) in [5.41, 5.74) is 1.34. The number of nitrogens with zero attached hydrogens (tertiary/aromatic N) is 5. The van der Waals surface area contributed by atoms with Crippen molar-refractivity contribution in [2.45, 2.75) is 4.90 Å².